The van der Waals surface area contributed by atoms with E-state index in [1.807, 2.05) is 17.5 Å². The van der Waals surface area contributed by atoms with Crippen molar-refractivity contribution < 1.29 is 8.42 Å². The number of rotatable bonds is 7. The molecule has 31 heavy (non-hydrogen) atoms. The van der Waals surface area contributed by atoms with Gasteiger partial charge in [-0.3, -0.25) is 0 Å². The van der Waals surface area contributed by atoms with E-state index in [9.17, 15) is 13.7 Å². The van der Waals surface area contributed by atoms with E-state index in [0.717, 1.165) is 17.7 Å². The topological polar surface area (TPSA) is 147 Å². The quantitative estimate of drug-likeness (QED) is 0.283. The number of nitriles is 1. The van der Waals surface area contributed by atoms with E-state index in [1.165, 1.54) is 35.2 Å². The molecule has 1 heterocycles. The van der Waals surface area contributed by atoms with Gasteiger partial charge in [0, 0.05) is 22.8 Å². The SMILES string of the molecule is CCc1ccc(-c2csc(C(C#N)=CNc3ccc(S(=O)(=O)N=C(N)N)cc3)n2)cc1. The molecule has 0 fully saturated rings. The number of hydrogen-bond donors (Lipinski definition) is 3. The molecule has 2 aromatic carbocycles. The maximum atomic E-state index is 12.0. The van der Waals surface area contributed by atoms with Gasteiger partial charge < -0.3 is 16.8 Å². The van der Waals surface area contributed by atoms with Crippen molar-refractivity contribution in [2.45, 2.75) is 18.2 Å². The summed E-state index contributed by atoms with van der Waals surface area (Å²) in [6.07, 6.45) is 2.50. The zero-order valence-corrected chi connectivity index (χ0v) is 18.2. The lowest BCUT2D eigenvalue weighted by Crippen LogP contribution is -2.24. The minimum absolute atomic E-state index is 0.0467. The number of sulfonamides is 1. The summed E-state index contributed by atoms with van der Waals surface area (Å²) in [5, 5.41) is 15.0. The Morgan fingerprint density at radius 2 is 1.87 bits per heavy atom. The molecule has 0 aliphatic rings. The number of nitrogens with two attached hydrogens (primary N) is 2. The number of aryl methyl sites for hydroxylation is 1. The van der Waals surface area contributed by atoms with Gasteiger partial charge >= 0.3 is 0 Å². The van der Waals surface area contributed by atoms with Gasteiger partial charge in [0.1, 0.15) is 16.6 Å². The molecule has 158 valence electrons. The summed E-state index contributed by atoms with van der Waals surface area (Å²) in [4.78, 5) is 4.52. The van der Waals surface area contributed by atoms with E-state index in [-0.39, 0.29) is 4.90 Å². The highest BCUT2D eigenvalue weighted by Gasteiger charge is 2.13. The van der Waals surface area contributed by atoms with E-state index in [0.29, 0.717) is 16.3 Å². The normalized spacial score (nSPS) is 11.5. The summed E-state index contributed by atoms with van der Waals surface area (Å²) in [7, 11) is -3.95. The Labute approximate surface area is 184 Å². The van der Waals surface area contributed by atoms with Crippen LogP contribution in [0.1, 0.15) is 17.5 Å². The first-order valence-corrected chi connectivity index (χ1v) is 11.5. The first kappa shape index (κ1) is 22.0. The average molecular weight is 453 g/mol. The van der Waals surface area contributed by atoms with Crippen LogP contribution >= 0.6 is 11.3 Å². The highest BCUT2D eigenvalue weighted by atomic mass is 32.2. The van der Waals surface area contributed by atoms with E-state index >= 15 is 0 Å². The van der Waals surface area contributed by atoms with Crippen LogP contribution in [0.4, 0.5) is 5.69 Å². The zero-order chi connectivity index (χ0) is 22.4. The summed E-state index contributed by atoms with van der Waals surface area (Å²) in [6.45, 7) is 2.10. The molecule has 5 N–H and O–H groups in total. The number of nitrogens with one attached hydrogen (secondary N) is 1. The lowest BCUT2D eigenvalue weighted by Gasteiger charge is -2.04. The summed E-state index contributed by atoms with van der Waals surface area (Å²) in [6, 6.07) is 16.1. The number of anilines is 1. The predicted octanol–water partition coefficient (Wildman–Crippen LogP) is 3.31. The maximum absolute atomic E-state index is 12.0. The molecule has 0 spiro atoms. The third-order valence-corrected chi connectivity index (χ3v) is 6.47. The summed E-state index contributed by atoms with van der Waals surface area (Å²) in [5.41, 5.74) is 14.3. The van der Waals surface area contributed by atoms with Crippen LogP contribution in [0.2, 0.25) is 0 Å². The Kier molecular flexibility index (Phi) is 6.69. The highest BCUT2D eigenvalue weighted by molar-refractivity contribution is 7.90. The lowest BCUT2D eigenvalue weighted by atomic mass is 10.1. The van der Waals surface area contributed by atoms with E-state index in [2.05, 4.69) is 39.8 Å². The second-order valence-corrected chi connectivity index (χ2v) is 8.88. The number of nitrogens with zero attached hydrogens (tertiary/aromatic N) is 3. The summed E-state index contributed by atoms with van der Waals surface area (Å²) < 4.78 is 27.2. The van der Waals surface area contributed by atoms with Gasteiger partial charge in [0.2, 0.25) is 5.96 Å². The number of thiazole rings is 1. The van der Waals surface area contributed by atoms with Crippen LogP contribution in [-0.2, 0) is 16.4 Å². The fraction of sp³-hybridized carbons (Fsp3) is 0.0952. The van der Waals surface area contributed by atoms with Gasteiger partial charge in [0.25, 0.3) is 10.0 Å². The Morgan fingerprint density at radius 1 is 1.19 bits per heavy atom. The van der Waals surface area contributed by atoms with E-state index < -0.39 is 16.0 Å². The number of guanidine groups is 1. The Hall–Kier alpha value is -3.68. The molecule has 0 saturated heterocycles. The molecular formula is C21H20N6O2S2. The molecule has 8 nitrogen and oxygen atoms in total. The Bertz CT molecular complexity index is 1260. The fourth-order valence-electron chi connectivity index (χ4n) is 2.65. The van der Waals surface area contributed by atoms with Gasteiger partial charge in [-0.15, -0.1) is 15.7 Å². The molecule has 0 atom stereocenters. The molecule has 3 aromatic rings. The Balaban J connectivity index is 1.76. The Morgan fingerprint density at radius 3 is 2.45 bits per heavy atom. The van der Waals surface area contributed by atoms with E-state index in [4.69, 9.17) is 11.5 Å². The number of hydrogen-bond acceptors (Lipinski definition) is 6. The van der Waals surface area contributed by atoms with Crippen molar-refractivity contribution in [1.82, 2.24) is 4.98 Å². The van der Waals surface area contributed by atoms with Crippen LogP contribution in [0, 0.1) is 11.3 Å². The number of allylic oxidation sites excluding steroid dienone is 1. The van der Waals surface area contributed by atoms with Gasteiger partial charge in [0.15, 0.2) is 0 Å². The van der Waals surface area contributed by atoms with Crippen molar-refractivity contribution in [2.75, 3.05) is 5.32 Å². The molecule has 1 aromatic heterocycles. The second kappa shape index (κ2) is 9.42. The first-order valence-electron chi connectivity index (χ1n) is 9.20. The minimum atomic E-state index is -3.95. The molecule has 0 saturated carbocycles. The van der Waals surface area contributed by atoms with Crippen LogP contribution in [-0.4, -0.2) is 19.4 Å². The molecule has 3 rings (SSSR count). The minimum Gasteiger partial charge on any atom is -0.369 e. The van der Waals surface area contributed by atoms with Crippen LogP contribution in [0.25, 0.3) is 16.8 Å². The van der Waals surface area contributed by atoms with Crippen molar-refractivity contribution in [3.63, 3.8) is 0 Å². The van der Waals surface area contributed by atoms with E-state index in [1.54, 1.807) is 12.1 Å². The van der Waals surface area contributed by atoms with Gasteiger partial charge in [-0.1, -0.05) is 31.2 Å². The average Bonchev–Trinajstić information content (AvgIpc) is 3.24. The zero-order valence-electron chi connectivity index (χ0n) is 16.6. The summed E-state index contributed by atoms with van der Waals surface area (Å²) in [5.74, 6) is -0.534. The number of aromatic nitrogens is 1. The van der Waals surface area contributed by atoms with Gasteiger partial charge in [-0.05, 0) is 36.2 Å². The molecule has 0 bridgehead atoms. The molecule has 0 amide bonds. The fourth-order valence-corrected chi connectivity index (χ4v) is 4.31. The first-order chi connectivity index (χ1) is 14.8. The smallest absolute Gasteiger partial charge is 0.285 e. The largest absolute Gasteiger partial charge is 0.369 e. The van der Waals surface area contributed by atoms with Crippen molar-refractivity contribution in [1.29, 1.82) is 5.26 Å². The molecule has 0 unspecified atom stereocenters. The van der Waals surface area contributed by atoms with Crippen molar-refractivity contribution in [3.8, 4) is 17.3 Å². The molecule has 10 heteroatoms. The third kappa shape index (κ3) is 5.48. The van der Waals surface area contributed by atoms with Crippen molar-refractivity contribution in [3.05, 3.63) is 70.7 Å². The molecular weight excluding hydrogens is 432 g/mol. The van der Waals surface area contributed by atoms with Crippen molar-refractivity contribution >= 4 is 38.6 Å². The summed E-state index contributed by atoms with van der Waals surface area (Å²) >= 11 is 1.37. The van der Waals surface area contributed by atoms with Crippen LogP contribution in [0.5, 0.6) is 0 Å². The highest BCUT2D eigenvalue weighted by Crippen LogP contribution is 2.26. The van der Waals surface area contributed by atoms with Crippen LogP contribution in [0.3, 0.4) is 0 Å². The van der Waals surface area contributed by atoms with Gasteiger partial charge in [-0.25, -0.2) is 4.98 Å². The second-order valence-electron chi connectivity index (χ2n) is 6.42. The lowest BCUT2D eigenvalue weighted by molar-refractivity contribution is 0.598. The van der Waals surface area contributed by atoms with Gasteiger partial charge in [0.05, 0.1) is 10.6 Å². The monoisotopic (exact) mass is 452 g/mol. The molecule has 0 radical (unpaired) electrons. The van der Waals surface area contributed by atoms with Gasteiger partial charge in [-0.2, -0.15) is 13.7 Å². The van der Waals surface area contributed by atoms with Crippen molar-refractivity contribution in [2.24, 2.45) is 15.9 Å². The third-order valence-electron chi connectivity index (χ3n) is 4.27. The predicted molar refractivity (Wildman–Crippen MR) is 124 cm³/mol. The molecule has 0 aliphatic carbocycles. The standard InChI is InChI=1S/C21H20N6O2S2/c1-2-14-3-5-15(6-4-14)19-13-30-20(26-19)16(11-22)12-25-17-7-9-18(10-8-17)31(28,29)27-21(23)24/h3-10,12-13,25H,2H2,1H3,(H4,23,24,27). The number of benzene rings is 2. The van der Waals surface area contributed by atoms with Crippen LogP contribution < -0.4 is 16.8 Å². The maximum Gasteiger partial charge on any atom is 0.285 e. The molecule has 0 aliphatic heterocycles. The van der Waals surface area contributed by atoms with Crippen LogP contribution in [0.15, 0.2) is 69.4 Å².